The summed E-state index contributed by atoms with van der Waals surface area (Å²) < 4.78 is 64.8. The summed E-state index contributed by atoms with van der Waals surface area (Å²) in [5.41, 5.74) is 0.483. The number of aromatic hydroxyl groups is 1. The van der Waals surface area contributed by atoms with Crippen LogP contribution >= 0.6 is 0 Å². The van der Waals surface area contributed by atoms with Crippen LogP contribution in [0, 0.1) is 35.7 Å². The smallest absolute Gasteiger partial charge is 0.330 e. The number of rotatable bonds is 12. The van der Waals surface area contributed by atoms with Crippen molar-refractivity contribution in [1.29, 1.82) is 0 Å². The molecule has 6 aliphatic heterocycles. The van der Waals surface area contributed by atoms with Crippen LogP contribution in [0.5, 0.6) is 11.8 Å². The zero-order valence-electron chi connectivity index (χ0n) is 43.6. The lowest BCUT2D eigenvalue weighted by Gasteiger charge is -2.38. The number of anilines is 2. The van der Waals surface area contributed by atoms with Crippen molar-refractivity contribution in [2.45, 2.75) is 114 Å². The van der Waals surface area contributed by atoms with Gasteiger partial charge in [-0.2, -0.15) is 9.97 Å². The molecule has 2 amide bonds. The largest absolute Gasteiger partial charge is 0.508 e. The molecule has 3 N–H and O–H groups in total. The van der Waals surface area contributed by atoms with Crippen LogP contribution in [0.25, 0.3) is 44.0 Å². The number of carbonyl (C=O) groups excluding carboxylic acids is 2. The normalized spacial score (nSPS) is 24.0. The van der Waals surface area contributed by atoms with Crippen LogP contribution in [0.4, 0.5) is 24.7 Å². The number of piperidine rings is 3. The minimum absolute atomic E-state index is 0.0000538. The van der Waals surface area contributed by atoms with Gasteiger partial charge < -0.3 is 34.6 Å². The first-order chi connectivity index (χ1) is 37.2. The first kappa shape index (κ1) is 51.0. The van der Waals surface area contributed by atoms with Gasteiger partial charge in [0.05, 0.1) is 34.4 Å². The molecule has 17 nitrogen and oxygen atoms in total. The molecule has 0 radical (unpaired) electrons. The van der Waals surface area contributed by atoms with Gasteiger partial charge in [-0.3, -0.25) is 33.9 Å². The Hall–Kier alpha value is -6.79. The van der Waals surface area contributed by atoms with Gasteiger partial charge in [-0.15, -0.1) is 6.42 Å². The Morgan fingerprint density at radius 3 is 2.38 bits per heavy atom. The second-order valence-electron chi connectivity index (χ2n) is 22.4. The predicted molar refractivity (Wildman–Crippen MR) is 286 cm³/mol. The van der Waals surface area contributed by atoms with Crippen molar-refractivity contribution in [2.24, 2.45) is 5.92 Å². The average molecular weight is 1060 g/mol. The Kier molecular flexibility index (Phi) is 13.6. The van der Waals surface area contributed by atoms with Crippen LogP contribution in [0.1, 0.15) is 89.3 Å². The van der Waals surface area contributed by atoms with Gasteiger partial charge in [-0.05, 0) is 114 Å². The van der Waals surface area contributed by atoms with Crippen LogP contribution in [0.3, 0.4) is 0 Å². The van der Waals surface area contributed by atoms with E-state index in [1.54, 1.807) is 12.1 Å². The quantitative estimate of drug-likeness (QED) is 0.0906. The van der Waals surface area contributed by atoms with Gasteiger partial charge in [0.15, 0.2) is 11.6 Å². The lowest BCUT2D eigenvalue weighted by atomic mass is 9.94. The molecule has 0 aliphatic carbocycles. The highest BCUT2D eigenvalue weighted by atomic mass is 19.1. The second-order valence-corrected chi connectivity index (χ2v) is 22.4. The molecular weight excluding hydrogens is 992 g/mol. The molecule has 9 heterocycles. The van der Waals surface area contributed by atoms with Crippen LogP contribution in [-0.2, 0) is 14.3 Å². The van der Waals surface area contributed by atoms with Crippen molar-refractivity contribution in [3.63, 3.8) is 0 Å². The molecule has 6 aromatic rings. The minimum Gasteiger partial charge on any atom is -0.508 e. The van der Waals surface area contributed by atoms with Gasteiger partial charge in [-0.1, -0.05) is 12.0 Å². The minimum atomic E-state index is -0.886. The van der Waals surface area contributed by atoms with E-state index in [-0.39, 0.29) is 107 Å². The fourth-order valence-electron chi connectivity index (χ4n) is 13.2. The topological polar surface area (TPSA) is 175 Å². The number of halogens is 3. The van der Waals surface area contributed by atoms with Crippen molar-refractivity contribution in [3.8, 4) is 35.4 Å². The van der Waals surface area contributed by atoms with E-state index in [9.17, 15) is 19.5 Å². The van der Waals surface area contributed by atoms with E-state index in [0.717, 1.165) is 71.1 Å². The zero-order chi connectivity index (χ0) is 53.4. The number of fused-ring (bicyclic) bond motifs is 5. The Balaban J connectivity index is 0.673. The van der Waals surface area contributed by atoms with Crippen molar-refractivity contribution >= 4 is 56.0 Å². The molecule has 6 saturated heterocycles. The Morgan fingerprint density at radius 2 is 1.65 bits per heavy atom. The average Bonchev–Trinajstić information content (AvgIpc) is 4.09. The summed E-state index contributed by atoms with van der Waals surface area (Å²) in [6.07, 6.45) is 14.2. The molecule has 3 aromatic carbocycles. The maximum absolute atomic E-state index is 17.2. The number of imidazole rings is 1. The number of likely N-dealkylation sites (N-methyl/N-ethyl adjacent to an activating group) is 1. The number of amides is 2. The summed E-state index contributed by atoms with van der Waals surface area (Å²) in [5.74, 6) is 0.443. The SMILES string of the molecule is C#Cc1c(F)ccc2cc(O)cc(-c3ncc4c(N5CC6CCC(C5)N6)nc(OC[C@@H]5C[C@@H](OC6CCN(CC7CCN(c8ccc9c(c8F)n(C(C)C)c(=O)n9C8CCC(=O)NC8=O)CC7)CC6)CN5C)nc4c3F)c12. The molecule has 12 rings (SSSR count). The van der Waals surface area contributed by atoms with Crippen molar-refractivity contribution < 1.29 is 37.3 Å². The van der Waals surface area contributed by atoms with Gasteiger partial charge >= 0.3 is 11.7 Å². The number of likely N-dealkylation sites (tertiary alicyclic amines) is 2. The van der Waals surface area contributed by atoms with Gasteiger partial charge in [0.25, 0.3) is 0 Å². The number of piperazine rings is 1. The van der Waals surface area contributed by atoms with Gasteiger partial charge in [0, 0.05) is 100 Å². The van der Waals surface area contributed by atoms with Crippen molar-refractivity contribution in [2.75, 3.05) is 75.8 Å². The number of imide groups is 1. The molecule has 6 aliphatic rings. The van der Waals surface area contributed by atoms with E-state index in [1.807, 2.05) is 13.8 Å². The van der Waals surface area contributed by atoms with E-state index in [2.05, 4.69) is 53.2 Å². The number of carbonyl (C=O) groups is 2. The van der Waals surface area contributed by atoms with Gasteiger partial charge in [0.1, 0.15) is 46.8 Å². The maximum Gasteiger partial charge on any atom is 0.330 e. The summed E-state index contributed by atoms with van der Waals surface area (Å²) in [7, 11) is 2.05. The third-order valence-corrected chi connectivity index (χ3v) is 17.1. The summed E-state index contributed by atoms with van der Waals surface area (Å²) >= 11 is 0. The van der Waals surface area contributed by atoms with Gasteiger partial charge in [0.2, 0.25) is 11.8 Å². The first-order valence-electron chi connectivity index (χ1n) is 27.2. The van der Waals surface area contributed by atoms with Crippen LogP contribution < -0.4 is 30.9 Å². The Labute approximate surface area is 443 Å². The fraction of sp³-hybridized carbons (Fsp3) is 0.509. The number of pyridine rings is 1. The molecule has 2 bridgehead atoms. The molecule has 3 aromatic heterocycles. The van der Waals surface area contributed by atoms with Crippen LogP contribution in [0.2, 0.25) is 0 Å². The number of phenols is 1. The number of benzene rings is 3. The summed E-state index contributed by atoms with van der Waals surface area (Å²) in [6, 6.07) is 8.30. The number of ether oxygens (including phenoxy) is 2. The highest BCUT2D eigenvalue weighted by molar-refractivity contribution is 6.03. The number of nitrogens with one attached hydrogen (secondary N) is 2. The number of terminal acetylenes is 1. The summed E-state index contributed by atoms with van der Waals surface area (Å²) in [5, 5.41) is 17.8. The number of nitrogens with zero attached hydrogens (tertiary/aromatic N) is 9. The van der Waals surface area contributed by atoms with Crippen molar-refractivity contribution in [3.05, 3.63) is 76.1 Å². The lowest BCUT2D eigenvalue weighted by Crippen LogP contribution is -2.51. The Bertz CT molecular complexity index is 3410. The summed E-state index contributed by atoms with van der Waals surface area (Å²) in [6.45, 7) is 10.2. The predicted octanol–water partition coefficient (Wildman–Crippen LogP) is 6.41. The van der Waals surface area contributed by atoms with E-state index >= 15 is 13.2 Å². The third kappa shape index (κ3) is 9.52. The molecule has 77 heavy (non-hydrogen) atoms. The molecule has 3 unspecified atom stereocenters. The fourth-order valence-corrected chi connectivity index (χ4v) is 13.2. The zero-order valence-corrected chi connectivity index (χ0v) is 43.6. The van der Waals surface area contributed by atoms with E-state index in [4.69, 9.17) is 20.9 Å². The van der Waals surface area contributed by atoms with Crippen LogP contribution in [0.15, 0.2) is 47.4 Å². The standard InChI is InChI=1S/C57H64F3N11O6/c1-5-40-43(58)9-6-33-22-37(72)24-41(48(33)40)51-50(60)52-42(25-61-51)54(69-27-34-7-8-35(28-69)62-34)65-56(64-52)76-30-36-23-39(29-66(36)4)77-38-16-18-67(19-17-38)26-32-14-20-68(21-15-32)44-10-11-45-53(49(44)59)70(31(2)3)57(75)71(45)46-12-13-47(73)63-55(46)74/h1,6,9-11,22,24-25,31-32,34-36,38-39,46,62,72H,7-8,12-21,23,26-30H2,2-4H3,(H,63,73,74)/t34?,35?,36-,39+,46?/m0/s1. The number of hydrogen-bond donors (Lipinski definition) is 3. The highest BCUT2D eigenvalue weighted by Gasteiger charge is 2.38. The second kappa shape index (κ2) is 20.5. The van der Waals surface area contributed by atoms with Crippen LogP contribution in [-0.4, -0.2) is 147 Å². The maximum atomic E-state index is 17.2. The molecule has 6 fully saturated rings. The molecule has 404 valence electrons. The number of hydrogen-bond acceptors (Lipinski definition) is 14. The lowest BCUT2D eigenvalue weighted by molar-refractivity contribution is -0.135. The van der Waals surface area contributed by atoms with E-state index in [0.29, 0.717) is 59.9 Å². The number of aromatic nitrogens is 5. The summed E-state index contributed by atoms with van der Waals surface area (Å²) in [4.78, 5) is 61.6. The molecule has 5 atom stereocenters. The van der Waals surface area contributed by atoms with Gasteiger partial charge in [-0.25, -0.2) is 18.0 Å². The van der Waals surface area contributed by atoms with E-state index in [1.165, 1.54) is 39.6 Å². The monoisotopic (exact) mass is 1060 g/mol. The molecular formula is C57H64F3N11O6. The molecule has 0 saturated carbocycles. The van der Waals surface area contributed by atoms with Crippen molar-refractivity contribution in [1.82, 2.24) is 44.5 Å². The third-order valence-electron chi connectivity index (χ3n) is 17.1. The highest BCUT2D eigenvalue weighted by Crippen LogP contribution is 2.40. The number of phenolic OH excluding ortho intramolecular Hbond substituents is 1. The van der Waals surface area contributed by atoms with E-state index < -0.39 is 35.1 Å². The molecule has 20 heteroatoms. The molecule has 0 spiro atoms. The first-order valence-corrected chi connectivity index (χ1v) is 27.2. The Morgan fingerprint density at radius 1 is 0.883 bits per heavy atom.